The van der Waals surface area contributed by atoms with Crippen LogP contribution in [-0.2, 0) is 6.54 Å². The van der Waals surface area contributed by atoms with Gasteiger partial charge in [0.25, 0.3) is 11.5 Å². The number of fused-ring (bicyclic) bond motifs is 1. The van der Waals surface area contributed by atoms with Gasteiger partial charge in [0.2, 0.25) is 0 Å². The van der Waals surface area contributed by atoms with Crippen molar-refractivity contribution in [1.82, 2.24) is 20.0 Å². The highest BCUT2D eigenvalue weighted by atomic mass is 16.2. The maximum Gasteiger partial charge on any atom is 0.274 e. The fourth-order valence-electron chi connectivity index (χ4n) is 3.60. The van der Waals surface area contributed by atoms with Crippen LogP contribution >= 0.6 is 0 Å². The monoisotopic (exact) mass is 362 g/mol. The number of benzene rings is 2. The van der Waals surface area contributed by atoms with Crippen molar-refractivity contribution in [3.05, 3.63) is 76.2 Å². The van der Waals surface area contributed by atoms with Crippen LogP contribution in [0.25, 0.3) is 10.8 Å². The molecule has 2 aromatic carbocycles. The van der Waals surface area contributed by atoms with Crippen LogP contribution in [0.4, 0.5) is 0 Å². The zero-order valence-electron chi connectivity index (χ0n) is 15.1. The zero-order chi connectivity index (χ0) is 18.6. The molecule has 1 saturated heterocycles. The predicted octanol–water partition coefficient (Wildman–Crippen LogP) is 2.27. The van der Waals surface area contributed by atoms with E-state index < -0.39 is 0 Å². The van der Waals surface area contributed by atoms with E-state index in [1.54, 1.807) is 18.2 Å². The van der Waals surface area contributed by atoms with Gasteiger partial charge in [-0.25, -0.2) is 5.10 Å². The van der Waals surface area contributed by atoms with Crippen molar-refractivity contribution in [3.8, 4) is 0 Å². The number of aromatic amines is 1. The SMILES string of the molecule is O=C(c1n[nH]c(=O)c2ccccc12)N1CCCN(Cc2ccccc2)CC1. The minimum Gasteiger partial charge on any atom is -0.336 e. The number of carbonyl (C=O) groups is 1. The second-order valence-corrected chi connectivity index (χ2v) is 6.85. The number of hydrogen-bond donors (Lipinski definition) is 1. The molecule has 27 heavy (non-hydrogen) atoms. The number of carbonyl (C=O) groups excluding carboxylic acids is 1. The van der Waals surface area contributed by atoms with Gasteiger partial charge in [-0.2, -0.15) is 5.10 Å². The summed E-state index contributed by atoms with van der Waals surface area (Å²) in [6, 6.07) is 17.5. The molecule has 138 valence electrons. The summed E-state index contributed by atoms with van der Waals surface area (Å²) in [4.78, 5) is 29.2. The summed E-state index contributed by atoms with van der Waals surface area (Å²) in [5, 5.41) is 7.62. The Morgan fingerprint density at radius 3 is 2.48 bits per heavy atom. The Hall–Kier alpha value is -2.99. The van der Waals surface area contributed by atoms with Crippen molar-refractivity contribution < 1.29 is 4.79 Å². The molecule has 0 atom stereocenters. The molecule has 4 rings (SSSR count). The van der Waals surface area contributed by atoms with Gasteiger partial charge in [0.05, 0.1) is 5.39 Å². The largest absolute Gasteiger partial charge is 0.336 e. The molecule has 1 amide bonds. The first-order valence-corrected chi connectivity index (χ1v) is 9.25. The zero-order valence-corrected chi connectivity index (χ0v) is 15.1. The molecule has 0 bridgehead atoms. The fourth-order valence-corrected chi connectivity index (χ4v) is 3.60. The van der Waals surface area contributed by atoms with E-state index in [0.717, 1.165) is 26.1 Å². The van der Waals surface area contributed by atoms with Crippen LogP contribution < -0.4 is 5.56 Å². The average molecular weight is 362 g/mol. The lowest BCUT2D eigenvalue weighted by atomic mass is 10.1. The summed E-state index contributed by atoms with van der Waals surface area (Å²) in [7, 11) is 0. The molecule has 0 aliphatic carbocycles. The van der Waals surface area contributed by atoms with Crippen molar-refractivity contribution in [2.24, 2.45) is 0 Å². The molecule has 0 saturated carbocycles. The van der Waals surface area contributed by atoms with Gasteiger partial charge in [0, 0.05) is 38.1 Å². The van der Waals surface area contributed by atoms with E-state index in [2.05, 4.69) is 39.4 Å². The normalized spacial score (nSPS) is 15.6. The van der Waals surface area contributed by atoms with E-state index in [-0.39, 0.29) is 11.5 Å². The summed E-state index contributed by atoms with van der Waals surface area (Å²) in [5.74, 6) is -0.121. The number of nitrogens with one attached hydrogen (secondary N) is 1. The smallest absolute Gasteiger partial charge is 0.274 e. The number of rotatable bonds is 3. The fraction of sp³-hybridized carbons (Fsp3) is 0.286. The molecule has 1 fully saturated rings. The van der Waals surface area contributed by atoms with E-state index in [4.69, 9.17) is 0 Å². The van der Waals surface area contributed by atoms with Gasteiger partial charge < -0.3 is 4.90 Å². The Morgan fingerprint density at radius 1 is 0.926 bits per heavy atom. The van der Waals surface area contributed by atoms with Crippen molar-refractivity contribution in [3.63, 3.8) is 0 Å². The first-order valence-electron chi connectivity index (χ1n) is 9.25. The first kappa shape index (κ1) is 17.4. The van der Waals surface area contributed by atoms with Crippen molar-refractivity contribution in [1.29, 1.82) is 0 Å². The second kappa shape index (κ2) is 7.72. The van der Waals surface area contributed by atoms with Gasteiger partial charge in [-0.1, -0.05) is 48.5 Å². The standard InChI is InChI=1S/C21H22N4O2/c26-20-18-10-5-4-9-17(18)19(22-23-20)21(27)25-12-6-11-24(13-14-25)15-16-7-2-1-3-8-16/h1-5,7-10H,6,11-15H2,(H,23,26). The molecule has 6 heteroatoms. The summed E-state index contributed by atoms with van der Waals surface area (Å²) >= 11 is 0. The molecule has 0 radical (unpaired) electrons. The minimum absolute atomic E-state index is 0.121. The molecule has 3 aromatic rings. The van der Waals surface area contributed by atoms with E-state index >= 15 is 0 Å². The highest BCUT2D eigenvalue weighted by Crippen LogP contribution is 2.16. The van der Waals surface area contributed by atoms with Gasteiger partial charge in [-0.05, 0) is 18.1 Å². The summed E-state index contributed by atoms with van der Waals surface area (Å²) < 4.78 is 0. The van der Waals surface area contributed by atoms with Crippen LogP contribution in [-0.4, -0.2) is 52.1 Å². The van der Waals surface area contributed by atoms with Crippen LogP contribution in [0.2, 0.25) is 0 Å². The molecule has 0 unspecified atom stereocenters. The third kappa shape index (κ3) is 3.75. The van der Waals surface area contributed by atoms with Crippen LogP contribution in [0, 0.1) is 0 Å². The summed E-state index contributed by atoms with van der Waals surface area (Å²) in [5.41, 5.74) is 1.33. The number of hydrogen-bond acceptors (Lipinski definition) is 4. The van der Waals surface area contributed by atoms with Gasteiger partial charge in [-0.3, -0.25) is 14.5 Å². The van der Waals surface area contributed by atoms with Crippen LogP contribution in [0.5, 0.6) is 0 Å². The molecular weight excluding hydrogens is 340 g/mol. The van der Waals surface area contributed by atoms with Crippen LogP contribution in [0.15, 0.2) is 59.4 Å². The molecule has 2 heterocycles. The lowest BCUT2D eigenvalue weighted by Crippen LogP contribution is -2.36. The molecular formula is C21H22N4O2. The van der Waals surface area contributed by atoms with E-state index in [1.165, 1.54) is 5.56 Å². The van der Waals surface area contributed by atoms with Crippen molar-refractivity contribution >= 4 is 16.7 Å². The molecule has 1 N–H and O–H groups in total. The third-order valence-corrected chi connectivity index (χ3v) is 5.02. The Labute approximate surface area is 157 Å². The quantitative estimate of drug-likeness (QED) is 0.776. The van der Waals surface area contributed by atoms with E-state index in [1.807, 2.05) is 17.0 Å². The third-order valence-electron chi connectivity index (χ3n) is 5.02. The van der Waals surface area contributed by atoms with Crippen LogP contribution in [0.1, 0.15) is 22.5 Å². The number of H-pyrrole nitrogens is 1. The first-order chi connectivity index (χ1) is 13.2. The van der Waals surface area contributed by atoms with Gasteiger partial charge >= 0.3 is 0 Å². The average Bonchev–Trinajstić information content (AvgIpc) is 2.94. The molecule has 1 aliphatic rings. The highest BCUT2D eigenvalue weighted by Gasteiger charge is 2.23. The Kier molecular flexibility index (Phi) is 4.98. The minimum atomic E-state index is -0.271. The van der Waals surface area contributed by atoms with Crippen LogP contribution in [0.3, 0.4) is 0 Å². The van der Waals surface area contributed by atoms with Gasteiger partial charge in [0.15, 0.2) is 5.69 Å². The number of nitrogens with zero attached hydrogens (tertiary/aromatic N) is 3. The maximum atomic E-state index is 13.1. The molecule has 6 nitrogen and oxygen atoms in total. The lowest BCUT2D eigenvalue weighted by molar-refractivity contribution is 0.0756. The lowest BCUT2D eigenvalue weighted by Gasteiger charge is -2.22. The molecule has 0 spiro atoms. The Balaban J connectivity index is 1.50. The Bertz CT molecular complexity index is 1000. The van der Waals surface area contributed by atoms with Crippen molar-refractivity contribution in [2.45, 2.75) is 13.0 Å². The van der Waals surface area contributed by atoms with E-state index in [0.29, 0.717) is 29.6 Å². The molecule has 1 aliphatic heterocycles. The predicted molar refractivity (Wildman–Crippen MR) is 105 cm³/mol. The summed E-state index contributed by atoms with van der Waals surface area (Å²) in [6.45, 7) is 4.02. The number of amides is 1. The Morgan fingerprint density at radius 2 is 1.67 bits per heavy atom. The maximum absolute atomic E-state index is 13.1. The van der Waals surface area contributed by atoms with Gasteiger partial charge in [-0.15, -0.1) is 0 Å². The molecule has 1 aromatic heterocycles. The summed E-state index contributed by atoms with van der Waals surface area (Å²) in [6.07, 6.45) is 0.917. The van der Waals surface area contributed by atoms with E-state index in [9.17, 15) is 9.59 Å². The highest BCUT2D eigenvalue weighted by molar-refractivity contribution is 6.04. The topological polar surface area (TPSA) is 69.3 Å². The van der Waals surface area contributed by atoms with Gasteiger partial charge in [0.1, 0.15) is 0 Å². The van der Waals surface area contributed by atoms with Crippen molar-refractivity contribution in [2.75, 3.05) is 26.2 Å². The second-order valence-electron chi connectivity index (χ2n) is 6.85. The number of aromatic nitrogens is 2.